The zero-order chi connectivity index (χ0) is 13.7. The van der Waals surface area contributed by atoms with Crippen LogP contribution < -0.4 is 0 Å². The fourth-order valence-corrected chi connectivity index (χ4v) is 3.82. The maximum absolute atomic E-state index is 10.7. The van der Waals surface area contributed by atoms with Crippen molar-refractivity contribution in [1.82, 2.24) is 5.06 Å². The molecule has 0 saturated carbocycles. The van der Waals surface area contributed by atoms with Crippen LogP contribution in [0.1, 0.15) is 52.2 Å². The Labute approximate surface area is 123 Å². The molecule has 1 aromatic rings. The van der Waals surface area contributed by atoms with Gasteiger partial charge in [0.15, 0.2) is 0 Å². The van der Waals surface area contributed by atoms with Crippen LogP contribution in [0, 0.1) is 9.49 Å². The molecule has 0 radical (unpaired) electrons. The standard InChI is InChI=1S/C15H22INO/c1-10(2)9-15(5)13-8-11(16)6-7-12(13)14(3,4)17(15)18/h6-8,10,18H,9H2,1-5H3. The highest BCUT2D eigenvalue weighted by atomic mass is 127. The van der Waals surface area contributed by atoms with Gasteiger partial charge < -0.3 is 5.21 Å². The summed E-state index contributed by atoms with van der Waals surface area (Å²) in [7, 11) is 0. The Morgan fingerprint density at radius 2 is 1.83 bits per heavy atom. The molecule has 1 heterocycles. The second-order valence-corrected chi connectivity index (χ2v) is 7.68. The van der Waals surface area contributed by atoms with Gasteiger partial charge in [0.2, 0.25) is 0 Å². The quantitative estimate of drug-likeness (QED) is 0.787. The number of hydroxylamine groups is 2. The van der Waals surface area contributed by atoms with E-state index in [-0.39, 0.29) is 11.1 Å². The Morgan fingerprint density at radius 3 is 2.39 bits per heavy atom. The van der Waals surface area contributed by atoms with E-state index in [9.17, 15) is 5.21 Å². The van der Waals surface area contributed by atoms with Crippen molar-refractivity contribution in [1.29, 1.82) is 0 Å². The Bertz CT molecular complexity index is 470. The molecule has 1 unspecified atom stereocenters. The van der Waals surface area contributed by atoms with Gasteiger partial charge in [-0.2, -0.15) is 5.06 Å². The number of halogens is 1. The lowest BCUT2D eigenvalue weighted by atomic mass is 9.84. The summed E-state index contributed by atoms with van der Waals surface area (Å²) in [6, 6.07) is 6.50. The van der Waals surface area contributed by atoms with Gasteiger partial charge in [-0.1, -0.05) is 19.9 Å². The van der Waals surface area contributed by atoms with E-state index < -0.39 is 0 Å². The van der Waals surface area contributed by atoms with E-state index in [4.69, 9.17) is 0 Å². The first-order valence-corrected chi connectivity index (χ1v) is 7.57. The fraction of sp³-hybridized carbons (Fsp3) is 0.600. The zero-order valence-corrected chi connectivity index (χ0v) is 13.9. The molecule has 2 rings (SSSR count). The van der Waals surface area contributed by atoms with Crippen molar-refractivity contribution in [2.75, 3.05) is 0 Å². The van der Waals surface area contributed by atoms with Gasteiger partial charge in [0.1, 0.15) is 0 Å². The largest absolute Gasteiger partial charge is 0.312 e. The molecule has 0 saturated heterocycles. The highest BCUT2D eigenvalue weighted by Gasteiger charge is 2.51. The lowest BCUT2D eigenvalue weighted by Gasteiger charge is -2.38. The number of benzene rings is 1. The first-order valence-electron chi connectivity index (χ1n) is 6.49. The van der Waals surface area contributed by atoms with Crippen LogP contribution in [0.5, 0.6) is 0 Å². The smallest absolute Gasteiger partial charge is 0.0696 e. The number of nitrogens with zero attached hydrogens (tertiary/aromatic N) is 1. The normalized spacial score (nSPS) is 26.7. The van der Waals surface area contributed by atoms with Crippen molar-refractivity contribution >= 4 is 22.6 Å². The molecule has 1 N–H and O–H groups in total. The van der Waals surface area contributed by atoms with Crippen LogP contribution in [0.25, 0.3) is 0 Å². The van der Waals surface area contributed by atoms with Crippen LogP contribution in [0.4, 0.5) is 0 Å². The average molecular weight is 359 g/mol. The first kappa shape index (κ1) is 14.3. The van der Waals surface area contributed by atoms with E-state index in [1.807, 2.05) is 0 Å². The fourth-order valence-electron chi connectivity index (χ4n) is 3.33. The third kappa shape index (κ3) is 2.00. The molecule has 3 heteroatoms. The van der Waals surface area contributed by atoms with Gasteiger partial charge in [-0.3, -0.25) is 0 Å². The summed E-state index contributed by atoms with van der Waals surface area (Å²) in [5, 5.41) is 12.2. The SMILES string of the molecule is CC(C)CC1(C)c2cc(I)ccc2C(C)(C)N1O. The Balaban J connectivity index is 2.61. The summed E-state index contributed by atoms with van der Waals surface area (Å²) in [6.45, 7) is 10.7. The van der Waals surface area contributed by atoms with Gasteiger partial charge in [-0.05, 0) is 79.0 Å². The summed E-state index contributed by atoms with van der Waals surface area (Å²) >= 11 is 2.34. The van der Waals surface area contributed by atoms with Gasteiger partial charge in [0, 0.05) is 3.57 Å². The van der Waals surface area contributed by atoms with Crippen LogP contribution in [0.15, 0.2) is 18.2 Å². The Morgan fingerprint density at radius 1 is 1.22 bits per heavy atom. The number of rotatable bonds is 2. The van der Waals surface area contributed by atoms with E-state index >= 15 is 0 Å². The first-order chi connectivity index (χ1) is 8.19. The summed E-state index contributed by atoms with van der Waals surface area (Å²) in [5.41, 5.74) is 1.92. The number of fused-ring (bicyclic) bond motifs is 1. The Kier molecular flexibility index (Phi) is 3.54. The summed E-state index contributed by atoms with van der Waals surface area (Å²) in [5.74, 6) is 0.546. The molecule has 0 fully saturated rings. The van der Waals surface area contributed by atoms with Crippen molar-refractivity contribution in [3.8, 4) is 0 Å². The molecule has 0 spiro atoms. The second kappa shape index (κ2) is 4.46. The third-order valence-corrected chi connectivity index (χ3v) is 4.69. The molecule has 100 valence electrons. The molecule has 1 atom stereocenters. The van der Waals surface area contributed by atoms with E-state index in [2.05, 4.69) is 75.4 Å². The van der Waals surface area contributed by atoms with Gasteiger partial charge in [-0.15, -0.1) is 0 Å². The van der Waals surface area contributed by atoms with Crippen LogP contribution in [0.2, 0.25) is 0 Å². The maximum atomic E-state index is 10.7. The maximum Gasteiger partial charge on any atom is 0.0696 e. The molecule has 0 amide bonds. The van der Waals surface area contributed by atoms with Crippen molar-refractivity contribution in [3.05, 3.63) is 32.9 Å². The summed E-state index contributed by atoms with van der Waals surface area (Å²) < 4.78 is 1.23. The number of hydrogen-bond donors (Lipinski definition) is 1. The molecule has 1 aliphatic rings. The molecule has 0 bridgehead atoms. The minimum absolute atomic E-state index is 0.284. The topological polar surface area (TPSA) is 23.5 Å². The van der Waals surface area contributed by atoms with E-state index in [1.165, 1.54) is 14.7 Å². The molecule has 2 nitrogen and oxygen atoms in total. The molecule has 1 aliphatic heterocycles. The lowest BCUT2D eigenvalue weighted by molar-refractivity contribution is -0.226. The van der Waals surface area contributed by atoms with Crippen LogP contribution >= 0.6 is 22.6 Å². The molecule has 1 aromatic carbocycles. The monoisotopic (exact) mass is 359 g/mol. The predicted molar refractivity (Wildman–Crippen MR) is 82.6 cm³/mol. The van der Waals surface area contributed by atoms with Gasteiger partial charge in [-0.25, -0.2) is 0 Å². The highest BCUT2D eigenvalue weighted by molar-refractivity contribution is 14.1. The highest BCUT2D eigenvalue weighted by Crippen LogP contribution is 2.51. The molecule has 18 heavy (non-hydrogen) atoms. The van der Waals surface area contributed by atoms with Crippen molar-refractivity contribution < 1.29 is 5.21 Å². The van der Waals surface area contributed by atoms with E-state index in [0.717, 1.165) is 6.42 Å². The van der Waals surface area contributed by atoms with Gasteiger partial charge in [0.05, 0.1) is 11.1 Å². The van der Waals surface area contributed by atoms with Crippen LogP contribution in [-0.4, -0.2) is 10.3 Å². The van der Waals surface area contributed by atoms with Crippen molar-refractivity contribution in [3.63, 3.8) is 0 Å². The molecular weight excluding hydrogens is 337 g/mol. The molecular formula is C15H22INO. The van der Waals surface area contributed by atoms with Crippen LogP contribution in [0.3, 0.4) is 0 Å². The van der Waals surface area contributed by atoms with E-state index in [0.29, 0.717) is 5.92 Å². The Hall–Kier alpha value is -0.130. The van der Waals surface area contributed by atoms with Crippen molar-refractivity contribution in [2.45, 2.75) is 52.1 Å². The summed E-state index contributed by atoms with van der Waals surface area (Å²) in [6.07, 6.45) is 0.958. The van der Waals surface area contributed by atoms with Gasteiger partial charge in [0.25, 0.3) is 0 Å². The lowest BCUT2D eigenvalue weighted by Crippen LogP contribution is -2.45. The minimum Gasteiger partial charge on any atom is -0.312 e. The second-order valence-electron chi connectivity index (χ2n) is 6.43. The minimum atomic E-state index is -0.316. The average Bonchev–Trinajstić information content (AvgIpc) is 2.38. The zero-order valence-electron chi connectivity index (χ0n) is 11.8. The number of hydrogen-bond acceptors (Lipinski definition) is 2. The predicted octanol–water partition coefficient (Wildman–Crippen LogP) is 4.49. The summed E-state index contributed by atoms with van der Waals surface area (Å²) in [4.78, 5) is 0. The van der Waals surface area contributed by atoms with Crippen molar-refractivity contribution in [2.24, 2.45) is 5.92 Å². The van der Waals surface area contributed by atoms with Crippen LogP contribution in [-0.2, 0) is 11.1 Å². The molecule has 0 aromatic heterocycles. The van der Waals surface area contributed by atoms with Gasteiger partial charge >= 0.3 is 0 Å². The molecule has 0 aliphatic carbocycles. The van der Waals surface area contributed by atoms with E-state index in [1.54, 1.807) is 5.06 Å². The third-order valence-electron chi connectivity index (χ3n) is 4.02.